The summed E-state index contributed by atoms with van der Waals surface area (Å²) in [5.74, 6) is -1.02. The van der Waals surface area contributed by atoms with Crippen LogP contribution in [0.15, 0.2) is 24.4 Å². The van der Waals surface area contributed by atoms with Crippen LogP contribution >= 0.6 is 0 Å². The number of aromatic nitrogens is 1. The Labute approximate surface area is 86.0 Å². The number of aromatic carboxylic acids is 1. The lowest BCUT2D eigenvalue weighted by molar-refractivity contribution is 0.0688. The molecule has 0 amide bonds. The van der Waals surface area contributed by atoms with Crippen LogP contribution in [0.3, 0.4) is 0 Å². The van der Waals surface area contributed by atoms with Crippen LogP contribution in [0.5, 0.6) is 0 Å². The number of hydrogen-bond acceptors (Lipinski definition) is 2. The maximum absolute atomic E-state index is 11.0. The van der Waals surface area contributed by atoms with Crippen molar-refractivity contribution in [2.24, 2.45) is 0 Å². The van der Waals surface area contributed by atoms with E-state index in [-0.39, 0.29) is 5.69 Å². The van der Waals surface area contributed by atoms with Crippen LogP contribution in [0.2, 0.25) is 0 Å². The van der Waals surface area contributed by atoms with Crippen molar-refractivity contribution in [2.45, 2.75) is 6.92 Å². The Morgan fingerprint density at radius 3 is 2.87 bits per heavy atom. The van der Waals surface area contributed by atoms with Crippen molar-refractivity contribution in [3.8, 4) is 6.07 Å². The van der Waals surface area contributed by atoms with Gasteiger partial charge in [0.15, 0.2) is 0 Å². The molecule has 2 aromatic heterocycles. The second-order valence-corrected chi connectivity index (χ2v) is 3.22. The molecule has 0 saturated heterocycles. The summed E-state index contributed by atoms with van der Waals surface area (Å²) in [6.07, 6.45) is 1.65. The molecule has 2 heterocycles. The van der Waals surface area contributed by atoms with Crippen LogP contribution in [0, 0.1) is 18.3 Å². The van der Waals surface area contributed by atoms with Crippen LogP contribution in [0.1, 0.15) is 21.6 Å². The zero-order chi connectivity index (χ0) is 11.0. The van der Waals surface area contributed by atoms with E-state index in [1.54, 1.807) is 31.3 Å². The third kappa shape index (κ3) is 1.17. The molecule has 0 spiro atoms. The van der Waals surface area contributed by atoms with Gasteiger partial charge in [-0.1, -0.05) is 6.07 Å². The standard InChI is InChI=1S/C11H8N2O2/c1-7-8(6-12)9-4-2-3-5-13(9)10(7)11(14)15/h2-5H,1H3,(H,14,15). The summed E-state index contributed by atoms with van der Waals surface area (Å²) < 4.78 is 1.52. The number of nitrogens with zero attached hydrogens (tertiary/aromatic N) is 2. The van der Waals surface area contributed by atoms with E-state index in [9.17, 15) is 4.79 Å². The number of nitriles is 1. The Kier molecular flexibility index (Phi) is 1.94. The summed E-state index contributed by atoms with van der Waals surface area (Å²) in [6, 6.07) is 7.28. The fourth-order valence-electron chi connectivity index (χ4n) is 1.74. The summed E-state index contributed by atoms with van der Waals surface area (Å²) in [5.41, 5.74) is 1.72. The maximum atomic E-state index is 11.0. The van der Waals surface area contributed by atoms with Crippen LogP contribution in [-0.4, -0.2) is 15.5 Å². The summed E-state index contributed by atoms with van der Waals surface area (Å²) in [5, 5.41) is 18.0. The largest absolute Gasteiger partial charge is 0.477 e. The predicted octanol–water partition coefficient (Wildman–Crippen LogP) is 1.82. The van der Waals surface area contributed by atoms with E-state index in [1.165, 1.54) is 4.40 Å². The molecule has 2 aromatic rings. The van der Waals surface area contributed by atoms with E-state index < -0.39 is 5.97 Å². The molecule has 0 aliphatic heterocycles. The average Bonchev–Trinajstić information content (AvgIpc) is 2.49. The minimum Gasteiger partial charge on any atom is -0.477 e. The van der Waals surface area contributed by atoms with Gasteiger partial charge in [-0.05, 0) is 19.1 Å². The second-order valence-electron chi connectivity index (χ2n) is 3.22. The van der Waals surface area contributed by atoms with Crippen molar-refractivity contribution in [1.82, 2.24) is 4.40 Å². The monoisotopic (exact) mass is 200 g/mol. The first-order chi connectivity index (χ1) is 7.16. The second kappa shape index (κ2) is 3.14. The molecule has 2 rings (SSSR count). The zero-order valence-corrected chi connectivity index (χ0v) is 8.06. The van der Waals surface area contributed by atoms with Gasteiger partial charge < -0.3 is 9.51 Å². The van der Waals surface area contributed by atoms with Crippen molar-refractivity contribution in [1.29, 1.82) is 5.26 Å². The number of hydrogen-bond donors (Lipinski definition) is 1. The van der Waals surface area contributed by atoms with Crippen molar-refractivity contribution in [2.75, 3.05) is 0 Å². The number of carboxylic acids is 1. The first-order valence-corrected chi connectivity index (χ1v) is 4.40. The van der Waals surface area contributed by atoms with E-state index in [2.05, 4.69) is 0 Å². The van der Waals surface area contributed by atoms with Gasteiger partial charge in [0.05, 0.1) is 11.1 Å². The highest BCUT2D eigenvalue weighted by atomic mass is 16.4. The molecular weight excluding hydrogens is 192 g/mol. The van der Waals surface area contributed by atoms with Gasteiger partial charge in [0.1, 0.15) is 11.8 Å². The van der Waals surface area contributed by atoms with Crippen molar-refractivity contribution in [3.05, 3.63) is 41.2 Å². The van der Waals surface area contributed by atoms with Gasteiger partial charge in [-0.3, -0.25) is 0 Å². The zero-order valence-electron chi connectivity index (χ0n) is 8.06. The predicted molar refractivity (Wildman–Crippen MR) is 53.8 cm³/mol. The Morgan fingerprint density at radius 2 is 2.27 bits per heavy atom. The molecule has 0 aliphatic rings. The van der Waals surface area contributed by atoms with E-state index in [0.717, 1.165) is 0 Å². The van der Waals surface area contributed by atoms with E-state index in [4.69, 9.17) is 10.4 Å². The van der Waals surface area contributed by atoms with Gasteiger partial charge in [0.25, 0.3) is 0 Å². The molecular formula is C11H8N2O2. The van der Waals surface area contributed by atoms with Gasteiger partial charge in [0.2, 0.25) is 0 Å². The van der Waals surface area contributed by atoms with Gasteiger partial charge in [-0.25, -0.2) is 4.79 Å². The topological polar surface area (TPSA) is 65.5 Å². The number of fused-ring (bicyclic) bond motifs is 1. The minimum absolute atomic E-state index is 0.155. The first kappa shape index (κ1) is 9.28. The highest BCUT2D eigenvalue weighted by molar-refractivity contribution is 5.91. The molecule has 0 bridgehead atoms. The number of pyridine rings is 1. The van der Waals surface area contributed by atoms with Crippen LogP contribution in [0.25, 0.3) is 5.52 Å². The van der Waals surface area contributed by atoms with Gasteiger partial charge in [-0.15, -0.1) is 0 Å². The number of carboxylic acid groups (broad SMARTS) is 1. The molecule has 1 N–H and O–H groups in total. The molecule has 0 aliphatic carbocycles. The summed E-state index contributed by atoms with van der Waals surface area (Å²) >= 11 is 0. The van der Waals surface area contributed by atoms with E-state index in [1.807, 2.05) is 6.07 Å². The minimum atomic E-state index is -1.02. The molecule has 15 heavy (non-hydrogen) atoms. The van der Waals surface area contributed by atoms with Crippen LogP contribution < -0.4 is 0 Å². The van der Waals surface area contributed by atoms with E-state index in [0.29, 0.717) is 16.6 Å². The Morgan fingerprint density at radius 1 is 1.53 bits per heavy atom. The molecule has 0 atom stereocenters. The number of carbonyl (C=O) groups is 1. The molecule has 0 aromatic carbocycles. The lowest BCUT2D eigenvalue weighted by Crippen LogP contribution is -2.02. The molecule has 0 fully saturated rings. The molecule has 0 radical (unpaired) electrons. The quantitative estimate of drug-likeness (QED) is 0.763. The van der Waals surface area contributed by atoms with Gasteiger partial charge in [0, 0.05) is 11.8 Å². The highest BCUT2D eigenvalue weighted by Gasteiger charge is 2.18. The summed E-state index contributed by atoms with van der Waals surface area (Å²) in [7, 11) is 0. The van der Waals surface area contributed by atoms with Crippen LogP contribution in [-0.2, 0) is 0 Å². The van der Waals surface area contributed by atoms with Crippen molar-refractivity contribution >= 4 is 11.5 Å². The third-order valence-corrected chi connectivity index (χ3v) is 2.40. The third-order valence-electron chi connectivity index (χ3n) is 2.40. The molecule has 74 valence electrons. The lowest BCUT2D eigenvalue weighted by atomic mass is 10.1. The number of rotatable bonds is 1. The lowest BCUT2D eigenvalue weighted by Gasteiger charge is -1.96. The molecule has 4 heteroatoms. The van der Waals surface area contributed by atoms with Crippen molar-refractivity contribution < 1.29 is 9.90 Å². The van der Waals surface area contributed by atoms with Gasteiger partial charge >= 0.3 is 5.97 Å². The van der Waals surface area contributed by atoms with Crippen molar-refractivity contribution in [3.63, 3.8) is 0 Å². The molecule has 0 saturated carbocycles. The molecule has 4 nitrogen and oxygen atoms in total. The Bertz CT molecular complexity index is 590. The van der Waals surface area contributed by atoms with Gasteiger partial charge in [-0.2, -0.15) is 5.26 Å². The smallest absolute Gasteiger partial charge is 0.353 e. The Hall–Kier alpha value is -2.28. The fourth-order valence-corrected chi connectivity index (χ4v) is 1.74. The van der Waals surface area contributed by atoms with E-state index >= 15 is 0 Å². The first-order valence-electron chi connectivity index (χ1n) is 4.40. The summed E-state index contributed by atoms with van der Waals surface area (Å²) in [6.45, 7) is 1.65. The maximum Gasteiger partial charge on any atom is 0.353 e. The normalized spacial score (nSPS) is 10.1. The fraction of sp³-hybridized carbons (Fsp3) is 0.0909. The Balaban J connectivity index is 2.99. The van der Waals surface area contributed by atoms with Crippen LogP contribution in [0.4, 0.5) is 0 Å². The molecule has 0 unspecified atom stereocenters. The SMILES string of the molecule is Cc1c(C#N)c2ccccn2c1C(=O)O. The summed E-state index contributed by atoms with van der Waals surface area (Å²) in [4.78, 5) is 11.0. The average molecular weight is 200 g/mol. The highest BCUT2D eigenvalue weighted by Crippen LogP contribution is 2.21.